The zero-order valence-corrected chi connectivity index (χ0v) is 12.0. The smallest absolute Gasteiger partial charge is 0.00728 e. The summed E-state index contributed by atoms with van der Waals surface area (Å²) in [6.45, 7) is 10.7. The monoisotopic (exact) mass is 238 g/mol. The van der Waals surface area contributed by atoms with Crippen LogP contribution < -0.4 is 11.1 Å². The summed E-state index contributed by atoms with van der Waals surface area (Å²) in [5.41, 5.74) is 6.35. The minimum Gasteiger partial charge on any atom is -0.328 e. The molecule has 2 heteroatoms. The first kappa shape index (κ1) is 13.4. The summed E-state index contributed by atoms with van der Waals surface area (Å²) in [6, 6.07) is 1.28. The van der Waals surface area contributed by atoms with Crippen molar-refractivity contribution in [3.8, 4) is 0 Å². The molecule has 2 aliphatic rings. The lowest BCUT2D eigenvalue weighted by Gasteiger charge is -2.45. The Morgan fingerprint density at radius 1 is 1.18 bits per heavy atom. The van der Waals surface area contributed by atoms with Crippen LogP contribution >= 0.6 is 0 Å². The van der Waals surface area contributed by atoms with E-state index in [0.29, 0.717) is 11.5 Å². The van der Waals surface area contributed by atoms with Gasteiger partial charge < -0.3 is 11.1 Å². The fraction of sp³-hybridized carbons (Fsp3) is 1.00. The highest BCUT2D eigenvalue weighted by atomic mass is 14.9. The van der Waals surface area contributed by atoms with Crippen LogP contribution in [0.5, 0.6) is 0 Å². The van der Waals surface area contributed by atoms with Gasteiger partial charge in [-0.1, -0.05) is 27.7 Å². The maximum atomic E-state index is 5.85. The SMILES string of the molecule is CC(CNC1CC(C(C)(C)C)C1)C1CC(N)C1. The van der Waals surface area contributed by atoms with Gasteiger partial charge in [0.05, 0.1) is 0 Å². The third-order valence-corrected chi connectivity index (χ3v) is 5.11. The van der Waals surface area contributed by atoms with Gasteiger partial charge in [-0.2, -0.15) is 0 Å². The Morgan fingerprint density at radius 2 is 1.76 bits per heavy atom. The van der Waals surface area contributed by atoms with E-state index in [1.807, 2.05) is 0 Å². The Bertz CT molecular complexity index is 244. The van der Waals surface area contributed by atoms with Gasteiger partial charge in [-0.05, 0) is 55.4 Å². The van der Waals surface area contributed by atoms with Crippen molar-refractivity contribution >= 4 is 0 Å². The van der Waals surface area contributed by atoms with Crippen molar-refractivity contribution in [1.82, 2.24) is 5.32 Å². The summed E-state index contributed by atoms with van der Waals surface area (Å²) in [6.07, 6.45) is 5.25. The molecule has 0 aromatic rings. The summed E-state index contributed by atoms with van der Waals surface area (Å²) in [5.74, 6) is 2.62. The van der Waals surface area contributed by atoms with Gasteiger partial charge in [0.15, 0.2) is 0 Å². The van der Waals surface area contributed by atoms with Crippen molar-refractivity contribution in [3.05, 3.63) is 0 Å². The van der Waals surface area contributed by atoms with Gasteiger partial charge in [0, 0.05) is 12.1 Å². The Kier molecular flexibility index (Phi) is 3.84. The van der Waals surface area contributed by atoms with Crippen molar-refractivity contribution < 1.29 is 0 Å². The molecular formula is C15H30N2. The molecule has 2 fully saturated rings. The first-order chi connectivity index (χ1) is 7.86. The maximum Gasteiger partial charge on any atom is 0.00728 e. The molecule has 0 radical (unpaired) electrons. The van der Waals surface area contributed by atoms with Crippen LogP contribution in [0.15, 0.2) is 0 Å². The zero-order chi connectivity index (χ0) is 12.6. The molecule has 0 aromatic heterocycles. The zero-order valence-electron chi connectivity index (χ0n) is 12.0. The van der Waals surface area contributed by atoms with Gasteiger partial charge in [0.1, 0.15) is 0 Å². The van der Waals surface area contributed by atoms with Gasteiger partial charge in [-0.3, -0.25) is 0 Å². The standard InChI is InChI=1S/C15H30N2/c1-10(11-5-13(16)6-11)9-17-14-7-12(8-14)15(2,3)4/h10-14,17H,5-9,16H2,1-4H3. The van der Waals surface area contributed by atoms with E-state index in [0.717, 1.165) is 23.8 Å². The van der Waals surface area contributed by atoms with Crippen LogP contribution in [0.25, 0.3) is 0 Å². The van der Waals surface area contributed by atoms with Crippen LogP contribution in [0.2, 0.25) is 0 Å². The normalized spacial score (nSPS) is 39.4. The van der Waals surface area contributed by atoms with E-state index < -0.39 is 0 Å². The predicted molar refractivity (Wildman–Crippen MR) is 73.8 cm³/mol. The fourth-order valence-corrected chi connectivity index (χ4v) is 3.18. The molecule has 2 nitrogen and oxygen atoms in total. The van der Waals surface area contributed by atoms with Crippen molar-refractivity contribution in [2.24, 2.45) is 28.9 Å². The Hall–Kier alpha value is -0.0800. The third-order valence-electron chi connectivity index (χ3n) is 5.11. The molecule has 0 aromatic carbocycles. The quantitative estimate of drug-likeness (QED) is 0.790. The van der Waals surface area contributed by atoms with Crippen LogP contribution in [0, 0.1) is 23.2 Å². The van der Waals surface area contributed by atoms with Gasteiger partial charge >= 0.3 is 0 Å². The largest absolute Gasteiger partial charge is 0.328 e. The van der Waals surface area contributed by atoms with Crippen LogP contribution in [0.3, 0.4) is 0 Å². The molecular weight excluding hydrogens is 208 g/mol. The van der Waals surface area contributed by atoms with Gasteiger partial charge in [0.25, 0.3) is 0 Å². The van der Waals surface area contributed by atoms with Crippen molar-refractivity contribution in [2.75, 3.05) is 6.54 Å². The van der Waals surface area contributed by atoms with Crippen LogP contribution in [0.4, 0.5) is 0 Å². The van der Waals surface area contributed by atoms with Crippen LogP contribution in [-0.4, -0.2) is 18.6 Å². The van der Waals surface area contributed by atoms with E-state index in [1.165, 1.54) is 32.2 Å². The Morgan fingerprint density at radius 3 is 2.24 bits per heavy atom. The van der Waals surface area contributed by atoms with Crippen molar-refractivity contribution in [3.63, 3.8) is 0 Å². The van der Waals surface area contributed by atoms with Gasteiger partial charge in [-0.15, -0.1) is 0 Å². The Labute approximate surface area is 107 Å². The molecule has 0 aliphatic heterocycles. The summed E-state index contributed by atoms with van der Waals surface area (Å²) in [4.78, 5) is 0. The van der Waals surface area contributed by atoms with E-state index in [1.54, 1.807) is 0 Å². The van der Waals surface area contributed by atoms with Crippen LogP contribution in [-0.2, 0) is 0 Å². The molecule has 0 amide bonds. The number of rotatable bonds is 4. The highest BCUT2D eigenvalue weighted by Crippen LogP contribution is 2.41. The molecule has 1 atom stereocenters. The lowest BCUT2D eigenvalue weighted by atomic mass is 9.66. The summed E-state index contributed by atoms with van der Waals surface area (Å²) in [5, 5.41) is 3.74. The molecule has 0 saturated heterocycles. The lowest BCUT2D eigenvalue weighted by molar-refractivity contribution is 0.0901. The summed E-state index contributed by atoms with van der Waals surface area (Å²) < 4.78 is 0. The first-order valence-corrected chi connectivity index (χ1v) is 7.35. The second-order valence-electron chi connectivity index (χ2n) is 7.61. The average Bonchev–Trinajstić information content (AvgIpc) is 2.07. The van der Waals surface area contributed by atoms with E-state index in [2.05, 4.69) is 33.0 Å². The number of hydrogen-bond donors (Lipinski definition) is 2. The molecule has 2 saturated carbocycles. The fourth-order valence-electron chi connectivity index (χ4n) is 3.18. The van der Waals surface area contributed by atoms with E-state index in [4.69, 9.17) is 5.73 Å². The highest BCUT2D eigenvalue weighted by Gasteiger charge is 2.37. The van der Waals surface area contributed by atoms with Gasteiger partial charge in [0.2, 0.25) is 0 Å². The summed E-state index contributed by atoms with van der Waals surface area (Å²) >= 11 is 0. The molecule has 100 valence electrons. The van der Waals surface area contributed by atoms with Crippen LogP contribution in [0.1, 0.15) is 53.4 Å². The average molecular weight is 238 g/mol. The van der Waals surface area contributed by atoms with E-state index >= 15 is 0 Å². The maximum absolute atomic E-state index is 5.85. The molecule has 0 bridgehead atoms. The number of hydrogen-bond acceptors (Lipinski definition) is 2. The van der Waals surface area contributed by atoms with Crippen molar-refractivity contribution in [1.29, 1.82) is 0 Å². The van der Waals surface area contributed by atoms with E-state index in [9.17, 15) is 0 Å². The number of nitrogens with two attached hydrogens (primary N) is 1. The molecule has 0 heterocycles. The minimum atomic E-state index is 0.497. The molecule has 1 unspecified atom stereocenters. The van der Waals surface area contributed by atoms with Gasteiger partial charge in [-0.25, -0.2) is 0 Å². The highest BCUT2D eigenvalue weighted by molar-refractivity contribution is 4.92. The molecule has 17 heavy (non-hydrogen) atoms. The second-order valence-corrected chi connectivity index (χ2v) is 7.61. The molecule has 2 rings (SSSR count). The topological polar surface area (TPSA) is 38.0 Å². The number of nitrogens with one attached hydrogen (secondary N) is 1. The lowest BCUT2D eigenvalue weighted by Crippen LogP contribution is -2.49. The molecule has 2 aliphatic carbocycles. The predicted octanol–water partition coefficient (Wildman–Crippen LogP) is 2.77. The molecule has 0 spiro atoms. The van der Waals surface area contributed by atoms with E-state index in [-0.39, 0.29) is 0 Å². The van der Waals surface area contributed by atoms with Crippen molar-refractivity contribution in [2.45, 2.75) is 65.5 Å². The first-order valence-electron chi connectivity index (χ1n) is 7.35. The Balaban J connectivity index is 1.58. The summed E-state index contributed by atoms with van der Waals surface area (Å²) in [7, 11) is 0. The third kappa shape index (κ3) is 3.23. The minimum absolute atomic E-state index is 0.497. The molecule has 3 N–H and O–H groups in total. The second kappa shape index (κ2) is 4.89.